The van der Waals surface area contributed by atoms with Crippen LogP contribution in [0.4, 0.5) is 16.2 Å². The second kappa shape index (κ2) is 10.3. The summed E-state index contributed by atoms with van der Waals surface area (Å²) >= 11 is 0. The van der Waals surface area contributed by atoms with Crippen molar-refractivity contribution < 1.29 is 14.3 Å². The van der Waals surface area contributed by atoms with Gasteiger partial charge in [0.2, 0.25) is 0 Å². The van der Waals surface area contributed by atoms with Crippen molar-refractivity contribution in [2.45, 2.75) is 24.9 Å². The minimum Gasteiger partial charge on any atom is -0.444 e. The molecule has 0 aliphatic heterocycles. The van der Waals surface area contributed by atoms with E-state index in [1.54, 1.807) is 24.3 Å². The molecule has 5 rings (SSSR count). The molecule has 2 amide bonds. The van der Waals surface area contributed by atoms with E-state index < -0.39 is 6.09 Å². The van der Waals surface area contributed by atoms with Crippen LogP contribution >= 0.6 is 0 Å². The molecule has 0 saturated heterocycles. The van der Waals surface area contributed by atoms with Gasteiger partial charge in [-0.1, -0.05) is 78.9 Å². The number of benzene rings is 4. The third-order valence-corrected chi connectivity index (χ3v) is 6.20. The van der Waals surface area contributed by atoms with E-state index in [9.17, 15) is 9.59 Å². The van der Waals surface area contributed by atoms with Crippen LogP contribution < -0.4 is 10.6 Å². The van der Waals surface area contributed by atoms with Gasteiger partial charge in [0, 0.05) is 16.9 Å². The number of carbonyl (C=O) groups excluding carboxylic acids is 2. The third-order valence-electron chi connectivity index (χ3n) is 6.20. The quantitative estimate of drug-likeness (QED) is 0.312. The summed E-state index contributed by atoms with van der Waals surface area (Å²) in [6.07, 6.45) is 0.583. The summed E-state index contributed by atoms with van der Waals surface area (Å²) in [5.41, 5.74) is 5.24. The van der Waals surface area contributed by atoms with Gasteiger partial charge in [-0.15, -0.1) is 0 Å². The fourth-order valence-electron chi connectivity index (χ4n) is 4.26. The number of anilines is 2. The van der Waals surface area contributed by atoms with Crippen molar-refractivity contribution in [3.05, 3.63) is 131 Å². The van der Waals surface area contributed by atoms with Gasteiger partial charge in [-0.2, -0.15) is 0 Å². The number of nitrogens with one attached hydrogen (secondary N) is 2. The monoisotopic (exact) mass is 462 g/mol. The molecular formula is C30H26N2O3. The number of amides is 2. The van der Waals surface area contributed by atoms with E-state index in [1.807, 2.05) is 48.5 Å². The van der Waals surface area contributed by atoms with Gasteiger partial charge in [-0.3, -0.25) is 10.1 Å². The Morgan fingerprint density at radius 1 is 0.686 bits per heavy atom. The minimum absolute atomic E-state index is 0.176. The lowest BCUT2D eigenvalue weighted by atomic mass is 10.0. The van der Waals surface area contributed by atoms with Gasteiger partial charge >= 0.3 is 6.09 Å². The Morgan fingerprint density at radius 3 is 2.06 bits per heavy atom. The van der Waals surface area contributed by atoms with Crippen LogP contribution in [-0.4, -0.2) is 12.0 Å². The maximum atomic E-state index is 12.8. The summed E-state index contributed by atoms with van der Waals surface area (Å²) in [5.74, 6) is 0.866. The highest BCUT2D eigenvalue weighted by molar-refractivity contribution is 6.05. The number of rotatable bonds is 7. The molecule has 1 aliphatic carbocycles. The van der Waals surface area contributed by atoms with Crippen LogP contribution in [0.1, 0.15) is 45.3 Å². The second-order valence-electron chi connectivity index (χ2n) is 8.70. The smallest absolute Gasteiger partial charge is 0.411 e. The van der Waals surface area contributed by atoms with E-state index in [-0.39, 0.29) is 12.5 Å². The summed E-state index contributed by atoms with van der Waals surface area (Å²) in [5, 5.41) is 5.61. The molecule has 0 heterocycles. The standard InChI is InChI=1S/C30H26N2O3/c33-29(24-12-7-13-26(18-24)32-30(34)35-20-21-8-3-1-4-9-21)31-25-16-14-23(15-17-25)28-19-27(28)22-10-5-2-6-11-22/h1-18,27-28H,19-20H2,(H,31,33)(H,32,34)/t27-,28+/m1/s1. The molecule has 35 heavy (non-hydrogen) atoms. The Kier molecular flexibility index (Phi) is 6.57. The van der Waals surface area contributed by atoms with Crippen LogP contribution in [0.3, 0.4) is 0 Å². The Morgan fingerprint density at radius 2 is 1.34 bits per heavy atom. The Hall–Kier alpha value is -4.38. The van der Waals surface area contributed by atoms with E-state index in [4.69, 9.17) is 4.74 Å². The fraction of sp³-hybridized carbons (Fsp3) is 0.133. The largest absolute Gasteiger partial charge is 0.444 e. The van der Waals surface area contributed by atoms with E-state index in [2.05, 4.69) is 47.0 Å². The van der Waals surface area contributed by atoms with Crippen molar-refractivity contribution in [1.82, 2.24) is 0 Å². The molecule has 5 nitrogen and oxygen atoms in total. The zero-order valence-corrected chi connectivity index (χ0v) is 19.2. The van der Waals surface area contributed by atoms with Gasteiger partial charge in [0.15, 0.2) is 0 Å². The van der Waals surface area contributed by atoms with Crippen LogP contribution in [0.5, 0.6) is 0 Å². The number of ether oxygens (including phenoxy) is 1. The molecule has 5 heteroatoms. The predicted octanol–water partition coefficient (Wildman–Crippen LogP) is 6.96. The van der Waals surface area contributed by atoms with Gasteiger partial charge in [0.1, 0.15) is 6.61 Å². The van der Waals surface area contributed by atoms with Gasteiger partial charge in [-0.05, 0) is 65.3 Å². The molecule has 4 aromatic rings. The molecular weight excluding hydrogens is 436 g/mol. The van der Waals surface area contributed by atoms with Crippen LogP contribution in [0.25, 0.3) is 0 Å². The Balaban J connectivity index is 1.15. The van der Waals surface area contributed by atoms with Crippen molar-refractivity contribution >= 4 is 23.4 Å². The zero-order chi connectivity index (χ0) is 24.0. The van der Waals surface area contributed by atoms with Crippen LogP contribution in [0.15, 0.2) is 109 Å². The highest BCUT2D eigenvalue weighted by atomic mass is 16.5. The molecule has 0 spiro atoms. The normalized spacial score (nSPS) is 16.2. The molecule has 0 radical (unpaired) electrons. The summed E-state index contributed by atoms with van der Waals surface area (Å²) in [6.45, 7) is 0.176. The van der Waals surface area contributed by atoms with Crippen molar-refractivity contribution in [1.29, 1.82) is 0 Å². The number of hydrogen-bond donors (Lipinski definition) is 2. The molecule has 1 aliphatic rings. The average Bonchev–Trinajstić information content (AvgIpc) is 3.70. The van der Waals surface area contributed by atoms with Gasteiger partial charge in [-0.25, -0.2) is 4.79 Å². The molecule has 1 saturated carbocycles. The maximum absolute atomic E-state index is 12.8. The van der Waals surface area contributed by atoms with Gasteiger partial charge in [0.05, 0.1) is 0 Å². The number of carbonyl (C=O) groups is 2. The first-order valence-corrected chi connectivity index (χ1v) is 11.7. The van der Waals surface area contributed by atoms with Gasteiger partial charge in [0.25, 0.3) is 5.91 Å². The minimum atomic E-state index is -0.573. The molecule has 2 atom stereocenters. The lowest BCUT2D eigenvalue weighted by Gasteiger charge is -2.10. The maximum Gasteiger partial charge on any atom is 0.411 e. The van der Waals surface area contributed by atoms with E-state index >= 15 is 0 Å². The highest BCUT2D eigenvalue weighted by Crippen LogP contribution is 2.54. The molecule has 4 aromatic carbocycles. The molecule has 174 valence electrons. The Labute approximate surface area is 204 Å². The first-order valence-electron chi connectivity index (χ1n) is 11.7. The van der Waals surface area contributed by atoms with Crippen molar-refractivity contribution in [2.24, 2.45) is 0 Å². The summed E-state index contributed by atoms with van der Waals surface area (Å²) in [7, 11) is 0. The van der Waals surface area contributed by atoms with Crippen molar-refractivity contribution in [3.63, 3.8) is 0 Å². The van der Waals surface area contributed by atoms with Gasteiger partial charge < -0.3 is 10.1 Å². The zero-order valence-electron chi connectivity index (χ0n) is 19.2. The van der Waals surface area contributed by atoms with Crippen LogP contribution in [0, 0.1) is 0 Å². The molecule has 1 fully saturated rings. The predicted molar refractivity (Wildman–Crippen MR) is 138 cm³/mol. The average molecular weight is 463 g/mol. The lowest BCUT2D eigenvalue weighted by molar-refractivity contribution is 0.102. The number of hydrogen-bond acceptors (Lipinski definition) is 3. The lowest BCUT2D eigenvalue weighted by Crippen LogP contribution is -2.15. The highest BCUT2D eigenvalue weighted by Gasteiger charge is 2.39. The second-order valence-corrected chi connectivity index (χ2v) is 8.70. The SMILES string of the molecule is O=C(Nc1cccc(C(=O)Nc2ccc([C@@H]3C[C@@H]3c3ccccc3)cc2)c1)OCc1ccccc1. The summed E-state index contributed by atoms with van der Waals surface area (Å²) < 4.78 is 5.25. The summed E-state index contributed by atoms with van der Waals surface area (Å²) in [4.78, 5) is 24.9. The van der Waals surface area contributed by atoms with Crippen LogP contribution in [0.2, 0.25) is 0 Å². The van der Waals surface area contributed by atoms with E-state index in [0.717, 1.165) is 17.7 Å². The van der Waals surface area contributed by atoms with Crippen molar-refractivity contribution in [2.75, 3.05) is 10.6 Å². The molecule has 0 bridgehead atoms. The van der Waals surface area contributed by atoms with E-state index in [1.165, 1.54) is 11.1 Å². The Bertz CT molecular complexity index is 1300. The molecule has 0 unspecified atom stereocenters. The van der Waals surface area contributed by atoms with E-state index in [0.29, 0.717) is 23.1 Å². The third kappa shape index (κ3) is 5.76. The summed E-state index contributed by atoms with van der Waals surface area (Å²) in [6, 6.07) is 34.9. The first kappa shape index (κ1) is 22.4. The van der Waals surface area contributed by atoms with Crippen LogP contribution in [-0.2, 0) is 11.3 Å². The van der Waals surface area contributed by atoms with Crippen molar-refractivity contribution in [3.8, 4) is 0 Å². The first-order chi connectivity index (χ1) is 17.2. The molecule has 0 aromatic heterocycles. The fourth-order valence-corrected chi connectivity index (χ4v) is 4.26. The topological polar surface area (TPSA) is 67.4 Å². The molecule has 2 N–H and O–H groups in total.